The van der Waals surface area contributed by atoms with E-state index in [0.717, 1.165) is 12.0 Å². The molecule has 0 radical (unpaired) electrons. The van der Waals surface area contributed by atoms with Crippen LogP contribution in [0.1, 0.15) is 28.8 Å². The second-order valence-corrected chi connectivity index (χ2v) is 5.92. The number of methoxy groups -OCH3 is 1. The summed E-state index contributed by atoms with van der Waals surface area (Å²) in [7, 11) is 1.48. The largest absolute Gasteiger partial charge is 0.467 e. The van der Waals surface area contributed by atoms with Crippen LogP contribution in [0, 0.1) is 0 Å². The molecule has 0 unspecified atom stereocenters. The molecule has 2 heterocycles. The van der Waals surface area contributed by atoms with Crippen molar-refractivity contribution in [3.8, 4) is 6.01 Å². The van der Waals surface area contributed by atoms with E-state index >= 15 is 0 Å². The number of carbonyl (C=O) groups excluding carboxylic acids is 1. The van der Waals surface area contributed by atoms with Gasteiger partial charge >= 0.3 is 6.01 Å². The first-order valence-electron chi connectivity index (χ1n) is 8.08. The molecule has 6 nitrogen and oxygen atoms in total. The number of rotatable bonds is 4. The Morgan fingerprint density at radius 1 is 1.29 bits per heavy atom. The third kappa shape index (κ3) is 3.54. The summed E-state index contributed by atoms with van der Waals surface area (Å²) in [6, 6.07) is 9.91. The molecule has 1 amide bonds. The number of amides is 1. The van der Waals surface area contributed by atoms with Crippen molar-refractivity contribution in [3.63, 3.8) is 0 Å². The first-order chi connectivity index (χ1) is 11.7. The van der Waals surface area contributed by atoms with Crippen molar-refractivity contribution in [1.82, 2.24) is 14.9 Å². The molecule has 0 spiro atoms. The molecule has 126 valence electrons. The number of aromatic nitrogens is 2. The molecule has 0 bridgehead atoms. The summed E-state index contributed by atoms with van der Waals surface area (Å²) in [5.74, 6) is -0.155. The number of benzene rings is 1. The third-order valence-corrected chi connectivity index (χ3v) is 4.35. The van der Waals surface area contributed by atoms with Crippen LogP contribution in [0.4, 0.5) is 0 Å². The van der Waals surface area contributed by atoms with E-state index in [2.05, 4.69) is 9.97 Å². The molecule has 0 aliphatic carbocycles. The van der Waals surface area contributed by atoms with Crippen LogP contribution in [0.3, 0.4) is 0 Å². The monoisotopic (exact) mass is 327 g/mol. The van der Waals surface area contributed by atoms with E-state index in [1.165, 1.54) is 19.5 Å². The minimum absolute atomic E-state index is 0.155. The quantitative estimate of drug-likeness (QED) is 0.925. The van der Waals surface area contributed by atoms with Crippen LogP contribution in [0.2, 0.25) is 0 Å². The number of nitrogens with zero attached hydrogens (tertiary/aromatic N) is 3. The molecule has 1 aliphatic rings. The SMILES string of the molecule is COc1ncc(C(=O)N2CCC[C@H](O)[C@@H]2Cc2ccccc2)cn1. The van der Waals surface area contributed by atoms with E-state index in [4.69, 9.17) is 4.74 Å². The fraction of sp³-hybridized carbons (Fsp3) is 0.389. The van der Waals surface area contributed by atoms with Crippen molar-refractivity contribution in [2.75, 3.05) is 13.7 Å². The Morgan fingerprint density at radius 2 is 2.00 bits per heavy atom. The lowest BCUT2D eigenvalue weighted by Crippen LogP contribution is -2.52. The number of piperidine rings is 1. The Hall–Kier alpha value is -2.47. The summed E-state index contributed by atoms with van der Waals surface area (Å²) in [6.45, 7) is 0.624. The first kappa shape index (κ1) is 16.4. The van der Waals surface area contributed by atoms with E-state index < -0.39 is 6.10 Å². The van der Waals surface area contributed by atoms with E-state index in [9.17, 15) is 9.90 Å². The molecule has 6 heteroatoms. The zero-order valence-corrected chi connectivity index (χ0v) is 13.6. The Balaban J connectivity index is 1.80. The molecular weight excluding hydrogens is 306 g/mol. The summed E-state index contributed by atoms with van der Waals surface area (Å²) in [5, 5.41) is 10.4. The van der Waals surface area contributed by atoms with Gasteiger partial charge in [0, 0.05) is 18.9 Å². The summed E-state index contributed by atoms with van der Waals surface area (Å²) in [6.07, 6.45) is 4.53. The van der Waals surface area contributed by atoms with Gasteiger partial charge in [-0.25, -0.2) is 9.97 Å². The third-order valence-electron chi connectivity index (χ3n) is 4.35. The molecule has 24 heavy (non-hydrogen) atoms. The van der Waals surface area contributed by atoms with Gasteiger partial charge in [0.1, 0.15) is 0 Å². The zero-order valence-electron chi connectivity index (χ0n) is 13.6. The van der Waals surface area contributed by atoms with Gasteiger partial charge in [0.25, 0.3) is 5.91 Å². The maximum absolute atomic E-state index is 12.8. The van der Waals surface area contributed by atoms with Crippen molar-refractivity contribution < 1.29 is 14.6 Å². The summed E-state index contributed by atoms with van der Waals surface area (Å²) < 4.78 is 4.92. The molecule has 1 aliphatic heterocycles. The van der Waals surface area contributed by atoms with E-state index in [0.29, 0.717) is 24.9 Å². The van der Waals surface area contributed by atoms with Crippen LogP contribution in [0.5, 0.6) is 6.01 Å². The number of aliphatic hydroxyl groups excluding tert-OH is 1. The van der Waals surface area contributed by atoms with Crippen LogP contribution < -0.4 is 4.74 Å². The number of likely N-dealkylation sites (tertiary alicyclic amines) is 1. The van der Waals surface area contributed by atoms with Crippen molar-refractivity contribution >= 4 is 5.91 Å². The van der Waals surface area contributed by atoms with E-state index in [1.807, 2.05) is 30.3 Å². The molecule has 1 fully saturated rings. The highest BCUT2D eigenvalue weighted by atomic mass is 16.5. The highest BCUT2D eigenvalue weighted by molar-refractivity contribution is 5.94. The van der Waals surface area contributed by atoms with E-state index in [-0.39, 0.29) is 18.0 Å². The second kappa shape index (κ2) is 7.40. The number of ether oxygens (including phenoxy) is 1. The lowest BCUT2D eigenvalue weighted by molar-refractivity contribution is 0.0118. The smallest absolute Gasteiger partial charge is 0.316 e. The van der Waals surface area contributed by atoms with Crippen molar-refractivity contribution in [3.05, 3.63) is 53.9 Å². The Bertz CT molecular complexity index is 676. The number of hydrogen-bond acceptors (Lipinski definition) is 5. The minimum Gasteiger partial charge on any atom is -0.467 e. The lowest BCUT2D eigenvalue weighted by atomic mass is 9.92. The molecule has 2 atom stereocenters. The number of aliphatic hydroxyl groups is 1. The fourth-order valence-corrected chi connectivity index (χ4v) is 3.09. The topological polar surface area (TPSA) is 75.5 Å². The van der Waals surface area contributed by atoms with Gasteiger partial charge in [-0.05, 0) is 24.8 Å². The van der Waals surface area contributed by atoms with Gasteiger partial charge in [-0.3, -0.25) is 4.79 Å². The fourth-order valence-electron chi connectivity index (χ4n) is 3.09. The Kier molecular flexibility index (Phi) is 5.05. The van der Waals surface area contributed by atoms with Crippen molar-refractivity contribution in [1.29, 1.82) is 0 Å². The summed E-state index contributed by atoms with van der Waals surface area (Å²) in [5.41, 5.74) is 1.51. The Morgan fingerprint density at radius 3 is 2.67 bits per heavy atom. The maximum Gasteiger partial charge on any atom is 0.316 e. The number of carbonyl (C=O) groups is 1. The Labute approximate surface area is 141 Å². The highest BCUT2D eigenvalue weighted by Gasteiger charge is 2.34. The molecule has 1 saturated heterocycles. The van der Waals surface area contributed by atoms with Crippen LogP contribution >= 0.6 is 0 Å². The van der Waals surface area contributed by atoms with Crippen molar-refractivity contribution in [2.45, 2.75) is 31.4 Å². The average molecular weight is 327 g/mol. The highest BCUT2D eigenvalue weighted by Crippen LogP contribution is 2.23. The van der Waals surface area contributed by atoms with E-state index in [1.54, 1.807) is 4.90 Å². The van der Waals surface area contributed by atoms with Gasteiger partial charge in [0.15, 0.2) is 0 Å². The zero-order chi connectivity index (χ0) is 16.9. The molecule has 0 saturated carbocycles. The standard InChI is InChI=1S/C18H21N3O3/c1-24-18-19-11-14(12-20-18)17(23)21-9-5-8-16(22)15(21)10-13-6-3-2-4-7-13/h2-4,6-7,11-12,15-16,22H,5,8-10H2,1H3/t15-,16-/m0/s1. The molecule has 1 aromatic heterocycles. The molecule has 2 aromatic rings. The summed E-state index contributed by atoms with van der Waals surface area (Å²) in [4.78, 5) is 22.6. The van der Waals surface area contributed by atoms with Crippen LogP contribution in [-0.4, -0.2) is 51.7 Å². The van der Waals surface area contributed by atoms with Gasteiger partial charge in [0.05, 0.1) is 24.8 Å². The second-order valence-electron chi connectivity index (χ2n) is 5.92. The van der Waals surface area contributed by atoms with Gasteiger partial charge in [-0.2, -0.15) is 0 Å². The average Bonchev–Trinajstić information content (AvgIpc) is 2.64. The van der Waals surface area contributed by atoms with Gasteiger partial charge in [0.2, 0.25) is 0 Å². The number of hydrogen-bond donors (Lipinski definition) is 1. The lowest BCUT2D eigenvalue weighted by Gasteiger charge is -2.39. The molecule has 1 aromatic carbocycles. The normalized spacial score (nSPS) is 20.7. The molecular formula is C18H21N3O3. The van der Waals surface area contributed by atoms with Crippen LogP contribution in [0.15, 0.2) is 42.7 Å². The maximum atomic E-state index is 12.8. The molecule has 1 N–H and O–H groups in total. The predicted molar refractivity (Wildman–Crippen MR) is 88.8 cm³/mol. The molecule has 3 rings (SSSR count). The van der Waals surface area contributed by atoms with Crippen molar-refractivity contribution in [2.24, 2.45) is 0 Å². The van der Waals surface area contributed by atoms with Crippen LogP contribution in [0.25, 0.3) is 0 Å². The van der Waals surface area contributed by atoms with Gasteiger partial charge in [-0.1, -0.05) is 30.3 Å². The minimum atomic E-state index is -0.526. The predicted octanol–water partition coefficient (Wildman–Crippen LogP) is 1.69. The van der Waals surface area contributed by atoms with Gasteiger partial charge in [-0.15, -0.1) is 0 Å². The van der Waals surface area contributed by atoms with Crippen LogP contribution in [-0.2, 0) is 6.42 Å². The van der Waals surface area contributed by atoms with Gasteiger partial charge < -0.3 is 14.7 Å². The summed E-state index contributed by atoms with van der Waals surface area (Å²) >= 11 is 0. The first-order valence-corrected chi connectivity index (χ1v) is 8.08.